The topological polar surface area (TPSA) is 47.6 Å². The predicted octanol–water partition coefficient (Wildman–Crippen LogP) is 4.23. The molecule has 4 nitrogen and oxygen atoms in total. The molecular weight excluding hydrogens is 347 g/mol. The van der Waals surface area contributed by atoms with Gasteiger partial charge in [-0.3, -0.25) is 0 Å². The molecule has 0 fully saturated rings. The van der Waals surface area contributed by atoms with Gasteiger partial charge in [0.2, 0.25) is 0 Å². The number of hydrogen-bond donors (Lipinski definition) is 1. The van der Waals surface area contributed by atoms with Crippen LogP contribution in [-0.2, 0) is 11.2 Å². The fourth-order valence-corrected chi connectivity index (χ4v) is 2.95. The van der Waals surface area contributed by atoms with Gasteiger partial charge in [-0.1, -0.05) is 12.1 Å². The van der Waals surface area contributed by atoms with Crippen molar-refractivity contribution in [1.82, 2.24) is 0 Å². The summed E-state index contributed by atoms with van der Waals surface area (Å²) in [5, 5.41) is 3.08. The molecular formula is C19H18F3NO3. The Morgan fingerprint density at radius 2 is 1.96 bits per heavy atom. The molecule has 2 aromatic rings. The van der Waals surface area contributed by atoms with Crippen LogP contribution in [0.1, 0.15) is 12.5 Å². The van der Waals surface area contributed by atoms with E-state index in [9.17, 15) is 18.0 Å². The van der Waals surface area contributed by atoms with Crippen LogP contribution >= 0.6 is 0 Å². The van der Waals surface area contributed by atoms with Gasteiger partial charge in [0, 0.05) is 12.1 Å². The molecule has 0 bridgehead atoms. The third-order valence-electron chi connectivity index (χ3n) is 4.31. The van der Waals surface area contributed by atoms with Gasteiger partial charge in [0.25, 0.3) is 0 Å². The van der Waals surface area contributed by atoms with E-state index in [1.54, 1.807) is 24.3 Å². The molecule has 0 amide bonds. The van der Waals surface area contributed by atoms with Crippen LogP contribution in [0.25, 0.3) is 11.1 Å². The van der Waals surface area contributed by atoms with E-state index in [0.717, 1.165) is 24.5 Å². The van der Waals surface area contributed by atoms with Crippen LogP contribution in [0.15, 0.2) is 36.4 Å². The quantitative estimate of drug-likeness (QED) is 0.806. The average Bonchev–Trinajstić information content (AvgIpc) is 3.02. The van der Waals surface area contributed by atoms with E-state index >= 15 is 0 Å². The number of nitrogens with one attached hydrogen (secondary N) is 1. The average molecular weight is 365 g/mol. The first-order valence-electron chi connectivity index (χ1n) is 8.09. The van der Waals surface area contributed by atoms with Crippen LogP contribution in [0.5, 0.6) is 11.5 Å². The molecule has 0 spiro atoms. The van der Waals surface area contributed by atoms with Crippen LogP contribution in [0.4, 0.5) is 18.9 Å². The molecule has 138 valence electrons. The Morgan fingerprint density at radius 1 is 1.23 bits per heavy atom. The Kier molecular flexibility index (Phi) is 4.80. The van der Waals surface area contributed by atoms with Crippen molar-refractivity contribution >= 4 is 12.0 Å². The third-order valence-corrected chi connectivity index (χ3v) is 4.31. The summed E-state index contributed by atoms with van der Waals surface area (Å²) < 4.78 is 49.3. The molecule has 0 saturated carbocycles. The first-order valence-corrected chi connectivity index (χ1v) is 8.09. The molecule has 2 unspecified atom stereocenters. The molecule has 1 heterocycles. The summed E-state index contributed by atoms with van der Waals surface area (Å²) >= 11 is 0. The minimum Gasteiger partial charge on any atom is -0.496 e. The van der Waals surface area contributed by atoms with E-state index in [4.69, 9.17) is 9.47 Å². The van der Waals surface area contributed by atoms with Gasteiger partial charge in [-0.25, -0.2) is 0 Å². The Bertz CT molecular complexity index is 820. The van der Waals surface area contributed by atoms with Gasteiger partial charge in [0.1, 0.15) is 17.8 Å². The Balaban J connectivity index is 2.03. The van der Waals surface area contributed by atoms with E-state index in [2.05, 4.69) is 5.32 Å². The number of alkyl halides is 3. The van der Waals surface area contributed by atoms with Gasteiger partial charge in [0.05, 0.1) is 18.7 Å². The van der Waals surface area contributed by atoms with Crippen molar-refractivity contribution in [2.24, 2.45) is 0 Å². The second-order valence-electron chi connectivity index (χ2n) is 6.10. The normalized spacial score (nSPS) is 17.2. The fraction of sp³-hybridized carbons (Fsp3) is 0.316. The summed E-state index contributed by atoms with van der Waals surface area (Å²) in [4.78, 5) is 11.0. The molecule has 1 aliphatic heterocycles. The van der Waals surface area contributed by atoms with Crippen molar-refractivity contribution in [3.63, 3.8) is 0 Å². The SMILES string of the molecule is COc1cccc(OC(C)C(F)(F)F)c1-c1ccc2c(c1)CC(C=O)N2. The molecule has 3 rings (SSSR count). The highest BCUT2D eigenvalue weighted by Crippen LogP contribution is 2.42. The lowest BCUT2D eigenvalue weighted by Crippen LogP contribution is -2.31. The number of benzene rings is 2. The first kappa shape index (κ1) is 18.1. The molecule has 1 N–H and O–H groups in total. The van der Waals surface area contributed by atoms with Crippen molar-refractivity contribution in [3.05, 3.63) is 42.0 Å². The maximum Gasteiger partial charge on any atom is 0.425 e. The number of anilines is 1. The number of halogens is 3. The van der Waals surface area contributed by atoms with Crippen molar-refractivity contribution in [3.8, 4) is 22.6 Å². The molecule has 0 aliphatic carbocycles. The van der Waals surface area contributed by atoms with E-state index in [0.29, 0.717) is 23.3 Å². The predicted molar refractivity (Wildman–Crippen MR) is 91.8 cm³/mol. The third kappa shape index (κ3) is 3.47. The van der Waals surface area contributed by atoms with E-state index < -0.39 is 12.3 Å². The standard InChI is InChI=1S/C19H18F3NO3/c1-11(19(20,21)22)26-17-5-3-4-16(25-2)18(17)12-6-7-15-13(8-12)9-14(10-24)23-15/h3-8,10-11,14,23H,9H2,1-2H3. The Labute approximate surface area is 148 Å². The van der Waals surface area contributed by atoms with Gasteiger partial charge in [-0.15, -0.1) is 0 Å². The summed E-state index contributed by atoms with van der Waals surface area (Å²) in [7, 11) is 1.45. The van der Waals surface area contributed by atoms with Gasteiger partial charge in [0.15, 0.2) is 6.10 Å². The number of carbonyl (C=O) groups is 1. The highest BCUT2D eigenvalue weighted by Gasteiger charge is 2.38. The zero-order valence-electron chi connectivity index (χ0n) is 14.3. The largest absolute Gasteiger partial charge is 0.496 e. The second kappa shape index (κ2) is 6.90. The second-order valence-corrected chi connectivity index (χ2v) is 6.10. The highest BCUT2D eigenvalue weighted by atomic mass is 19.4. The highest BCUT2D eigenvalue weighted by molar-refractivity contribution is 5.81. The Hall–Kier alpha value is -2.70. The maximum atomic E-state index is 12.9. The van der Waals surface area contributed by atoms with E-state index in [1.807, 2.05) is 6.07 Å². The number of ether oxygens (including phenoxy) is 2. The smallest absolute Gasteiger partial charge is 0.425 e. The Morgan fingerprint density at radius 3 is 2.62 bits per heavy atom. The lowest BCUT2D eigenvalue weighted by molar-refractivity contribution is -0.189. The van der Waals surface area contributed by atoms with E-state index in [1.165, 1.54) is 13.2 Å². The minimum atomic E-state index is -4.47. The number of fused-ring (bicyclic) bond motifs is 1. The van der Waals surface area contributed by atoms with Gasteiger partial charge < -0.3 is 19.6 Å². The van der Waals surface area contributed by atoms with Crippen molar-refractivity contribution in [1.29, 1.82) is 0 Å². The van der Waals surface area contributed by atoms with Crippen molar-refractivity contribution < 1.29 is 27.4 Å². The zero-order chi connectivity index (χ0) is 18.9. The number of carbonyl (C=O) groups excluding carboxylic acids is 1. The molecule has 2 atom stereocenters. The van der Waals surface area contributed by atoms with Crippen LogP contribution in [0, 0.1) is 0 Å². The van der Waals surface area contributed by atoms with Gasteiger partial charge >= 0.3 is 6.18 Å². The minimum absolute atomic E-state index is 0.0898. The monoisotopic (exact) mass is 365 g/mol. The molecule has 0 radical (unpaired) electrons. The lowest BCUT2D eigenvalue weighted by atomic mass is 9.99. The fourth-order valence-electron chi connectivity index (χ4n) is 2.95. The summed E-state index contributed by atoms with van der Waals surface area (Å²) in [6.07, 6.45) is -5.07. The molecule has 2 aromatic carbocycles. The van der Waals surface area contributed by atoms with Gasteiger partial charge in [-0.05, 0) is 42.3 Å². The molecule has 0 saturated heterocycles. The molecule has 1 aliphatic rings. The summed E-state index contributed by atoms with van der Waals surface area (Å²) in [5.41, 5.74) is 2.87. The number of aldehydes is 1. The number of methoxy groups -OCH3 is 1. The molecule has 7 heteroatoms. The molecule has 0 aromatic heterocycles. The summed E-state index contributed by atoms with van der Waals surface area (Å²) in [6, 6.07) is 9.85. The van der Waals surface area contributed by atoms with Crippen molar-refractivity contribution in [2.75, 3.05) is 12.4 Å². The lowest BCUT2D eigenvalue weighted by Gasteiger charge is -2.21. The zero-order valence-corrected chi connectivity index (χ0v) is 14.3. The van der Waals surface area contributed by atoms with Crippen LogP contribution < -0.4 is 14.8 Å². The van der Waals surface area contributed by atoms with Crippen molar-refractivity contribution in [2.45, 2.75) is 31.7 Å². The summed E-state index contributed by atoms with van der Waals surface area (Å²) in [5.74, 6) is 0.502. The maximum absolute atomic E-state index is 12.9. The van der Waals surface area contributed by atoms with Crippen LogP contribution in [0.3, 0.4) is 0 Å². The van der Waals surface area contributed by atoms with Crippen LogP contribution in [0.2, 0.25) is 0 Å². The number of hydrogen-bond acceptors (Lipinski definition) is 4. The van der Waals surface area contributed by atoms with E-state index in [-0.39, 0.29) is 11.8 Å². The first-order chi connectivity index (χ1) is 12.3. The van der Waals surface area contributed by atoms with Gasteiger partial charge in [-0.2, -0.15) is 13.2 Å². The molecule has 26 heavy (non-hydrogen) atoms. The van der Waals surface area contributed by atoms with Crippen LogP contribution in [-0.4, -0.2) is 31.7 Å². The number of rotatable bonds is 5. The summed E-state index contributed by atoms with van der Waals surface area (Å²) in [6.45, 7) is 0.963.